The Bertz CT molecular complexity index is 1330. The Hall–Kier alpha value is -4.77. The Labute approximate surface area is 284 Å². The highest BCUT2D eigenvalue weighted by Gasteiger charge is 2.21. The molecule has 0 bridgehead atoms. The molecule has 268 valence electrons. The molecule has 0 unspecified atom stereocenters. The predicted octanol–water partition coefficient (Wildman–Crippen LogP) is 0.151. The number of carboxylic acids is 3. The molecule has 0 spiro atoms. The Balaban J connectivity index is 1.98. The molecule has 16 heteroatoms. The third kappa shape index (κ3) is 17.3. The number of nitrogens with one attached hydrogen (secondary N) is 1. The highest BCUT2D eigenvalue weighted by molar-refractivity contribution is 5.96. The van der Waals surface area contributed by atoms with Crippen LogP contribution in [0.5, 0.6) is 0 Å². The zero-order valence-electron chi connectivity index (χ0n) is 27.6. The minimum absolute atomic E-state index is 0.0202. The fraction of sp³-hybridized carbons (Fsp3) is 0.485. The first kappa shape index (κ1) is 40.4. The number of ether oxygens (including phenoxy) is 1. The van der Waals surface area contributed by atoms with Crippen LogP contribution in [0.15, 0.2) is 42.0 Å². The molecule has 0 aromatic heterocycles. The lowest BCUT2D eigenvalue weighted by atomic mass is 10.1. The molecule has 0 atom stereocenters. The Morgan fingerprint density at radius 2 is 1.16 bits per heavy atom. The topological polar surface area (TPSA) is 214 Å². The Morgan fingerprint density at radius 3 is 1.57 bits per heavy atom. The van der Waals surface area contributed by atoms with Crippen molar-refractivity contribution < 1.29 is 53.6 Å². The number of carbonyl (C=O) groups is 7. The van der Waals surface area contributed by atoms with Gasteiger partial charge < -0.3 is 25.4 Å². The molecular formula is C33H45N5O11. The highest BCUT2D eigenvalue weighted by Crippen LogP contribution is 2.13. The van der Waals surface area contributed by atoms with E-state index in [4.69, 9.17) is 4.74 Å². The minimum atomic E-state index is -1.04. The summed E-state index contributed by atoms with van der Waals surface area (Å²) >= 11 is 0. The summed E-state index contributed by atoms with van der Waals surface area (Å²) in [5.41, 5.74) is 1.28. The number of carbonyl (C=O) groups excluding carboxylic acids is 4. The summed E-state index contributed by atoms with van der Waals surface area (Å²) in [5, 5.41) is 30.8. The van der Waals surface area contributed by atoms with Gasteiger partial charge >= 0.3 is 23.9 Å². The lowest BCUT2D eigenvalue weighted by molar-refractivity contribution is -0.140. The number of carboxylic acid groups (broad SMARTS) is 3. The zero-order chi connectivity index (χ0) is 36.2. The number of benzene rings is 1. The number of anilines is 1. The summed E-state index contributed by atoms with van der Waals surface area (Å²) in [7, 11) is 0. The van der Waals surface area contributed by atoms with Crippen molar-refractivity contribution in [1.29, 1.82) is 0 Å². The van der Waals surface area contributed by atoms with Crippen molar-refractivity contribution >= 4 is 53.6 Å². The van der Waals surface area contributed by atoms with E-state index in [2.05, 4.69) is 5.32 Å². The van der Waals surface area contributed by atoms with E-state index < -0.39 is 23.9 Å². The summed E-state index contributed by atoms with van der Waals surface area (Å²) in [6.07, 6.45) is 4.53. The van der Waals surface area contributed by atoms with Crippen LogP contribution in [-0.2, 0) is 38.3 Å². The van der Waals surface area contributed by atoms with E-state index >= 15 is 0 Å². The molecule has 1 amide bonds. The summed E-state index contributed by atoms with van der Waals surface area (Å²) in [4.78, 5) is 89.4. The van der Waals surface area contributed by atoms with Crippen molar-refractivity contribution in [3.05, 3.63) is 47.6 Å². The molecule has 1 saturated heterocycles. The van der Waals surface area contributed by atoms with Gasteiger partial charge in [-0.05, 0) is 36.8 Å². The number of aldehydes is 1. The van der Waals surface area contributed by atoms with Crippen LogP contribution >= 0.6 is 0 Å². The van der Waals surface area contributed by atoms with E-state index in [9.17, 15) is 48.9 Å². The molecule has 0 radical (unpaired) electrons. The number of Topliss-reactive ketones (excluding diaryl/α,β-unsaturated/α-hetero) is 1. The molecule has 49 heavy (non-hydrogen) atoms. The molecule has 0 saturated carbocycles. The number of allylic oxidation sites excluding steroid dienone is 1. The molecule has 1 aliphatic heterocycles. The van der Waals surface area contributed by atoms with E-state index in [1.807, 2.05) is 4.90 Å². The highest BCUT2D eigenvalue weighted by atomic mass is 16.5. The van der Waals surface area contributed by atoms with Crippen molar-refractivity contribution in [2.45, 2.75) is 19.8 Å². The smallest absolute Gasteiger partial charge is 0.338 e. The van der Waals surface area contributed by atoms with Crippen LogP contribution < -0.4 is 5.32 Å². The second-order valence-corrected chi connectivity index (χ2v) is 11.3. The van der Waals surface area contributed by atoms with Crippen molar-refractivity contribution in [2.24, 2.45) is 0 Å². The molecule has 0 aliphatic carbocycles. The van der Waals surface area contributed by atoms with E-state index in [1.165, 1.54) is 6.08 Å². The van der Waals surface area contributed by atoms with Crippen molar-refractivity contribution in [3.8, 4) is 0 Å². The first-order chi connectivity index (χ1) is 23.4. The van der Waals surface area contributed by atoms with Crippen molar-refractivity contribution in [2.75, 3.05) is 90.5 Å². The molecule has 4 N–H and O–H groups in total. The van der Waals surface area contributed by atoms with Gasteiger partial charge in [0.05, 0.1) is 38.4 Å². The summed E-state index contributed by atoms with van der Waals surface area (Å²) in [6.45, 7) is 3.24. The number of nitrogens with zero attached hydrogens (tertiary/aromatic N) is 4. The van der Waals surface area contributed by atoms with Crippen molar-refractivity contribution in [3.63, 3.8) is 0 Å². The molecule has 2 rings (SSSR count). The SMILES string of the molecule is CCOC(=O)C(/C=C/c1ccc(NC(=O)CCC(=O)CN2CCN(CC(=O)O)CCN(CC(=O)O)CCN(CC(=O)O)CC2)cc1)=C/C=O. The van der Waals surface area contributed by atoms with Crippen LogP contribution in [0.25, 0.3) is 6.08 Å². The molecule has 16 nitrogen and oxygen atoms in total. The predicted molar refractivity (Wildman–Crippen MR) is 178 cm³/mol. The second-order valence-electron chi connectivity index (χ2n) is 11.3. The van der Waals surface area contributed by atoms with Gasteiger partial charge in [-0.25, -0.2) is 4.79 Å². The van der Waals surface area contributed by atoms with E-state index in [0.29, 0.717) is 30.6 Å². The van der Waals surface area contributed by atoms with Gasteiger partial charge in [0, 0.05) is 70.9 Å². The van der Waals surface area contributed by atoms with Gasteiger partial charge in [0.2, 0.25) is 5.91 Å². The second kappa shape index (κ2) is 22.0. The maximum Gasteiger partial charge on any atom is 0.338 e. The normalized spacial score (nSPS) is 16.3. The van der Waals surface area contributed by atoms with Crippen LogP contribution in [0.4, 0.5) is 5.69 Å². The Morgan fingerprint density at radius 1 is 0.714 bits per heavy atom. The fourth-order valence-corrected chi connectivity index (χ4v) is 4.93. The third-order valence-electron chi connectivity index (χ3n) is 7.45. The monoisotopic (exact) mass is 687 g/mol. The van der Waals surface area contributed by atoms with Crippen LogP contribution in [0, 0.1) is 0 Å². The maximum atomic E-state index is 12.9. The van der Waals surface area contributed by atoms with E-state index in [-0.39, 0.29) is 102 Å². The molecule has 1 fully saturated rings. The number of hydrogen-bond donors (Lipinski definition) is 4. The van der Waals surface area contributed by atoms with Gasteiger partial charge in [0.1, 0.15) is 12.1 Å². The number of aliphatic carboxylic acids is 3. The van der Waals surface area contributed by atoms with Gasteiger partial charge in [-0.15, -0.1) is 0 Å². The maximum absolute atomic E-state index is 12.9. The van der Waals surface area contributed by atoms with Gasteiger partial charge in [-0.3, -0.25) is 48.4 Å². The number of ketones is 1. The zero-order valence-corrected chi connectivity index (χ0v) is 27.6. The number of esters is 1. The molecule has 1 aromatic rings. The third-order valence-corrected chi connectivity index (χ3v) is 7.45. The van der Waals surface area contributed by atoms with Crippen LogP contribution in [-0.4, -0.2) is 162 Å². The van der Waals surface area contributed by atoms with Crippen LogP contribution in [0.1, 0.15) is 25.3 Å². The van der Waals surface area contributed by atoms with Crippen molar-refractivity contribution in [1.82, 2.24) is 19.6 Å². The lowest BCUT2D eigenvalue weighted by Crippen LogP contribution is -2.49. The van der Waals surface area contributed by atoms with E-state index in [1.54, 1.807) is 52.0 Å². The summed E-state index contributed by atoms with van der Waals surface area (Å²) in [6, 6.07) is 6.69. The molecule has 1 heterocycles. The number of hydrogen-bond acceptors (Lipinski definition) is 12. The molecule has 1 aliphatic rings. The quantitative estimate of drug-likeness (QED) is 0.0743. The van der Waals surface area contributed by atoms with Crippen LogP contribution in [0.2, 0.25) is 0 Å². The average Bonchev–Trinajstić information content (AvgIpc) is 3.03. The number of amides is 1. The lowest BCUT2D eigenvalue weighted by Gasteiger charge is -2.32. The number of rotatable bonds is 17. The van der Waals surface area contributed by atoms with E-state index in [0.717, 1.165) is 6.08 Å². The summed E-state index contributed by atoms with van der Waals surface area (Å²) < 4.78 is 4.91. The average molecular weight is 688 g/mol. The molecule has 1 aromatic carbocycles. The largest absolute Gasteiger partial charge is 0.480 e. The van der Waals surface area contributed by atoms with Gasteiger partial charge in [0.25, 0.3) is 0 Å². The first-order valence-corrected chi connectivity index (χ1v) is 15.9. The standard InChI is InChI=1S/C33H45N5O11/c1-2-49-33(48)26(11-20-39)6-3-25-4-7-27(8-5-25)34-29(41)10-9-28(40)21-35-12-14-36(22-30(42)43)16-18-38(24-32(46)47)19-17-37(15-13-35)23-31(44)45/h3-8,11,20H,2,9-10,12-19,21-24H2,1H3,(H,34,41)(H,42,43)(H,44,45)(H,46,47)/b6-3+,26-11+. The Kier molecular flexibility index (Phi) is 18.1. The minimum Gasteiger partial charge on any atom is -0.480 e. The van der Waals surface area contributed by atoms with Gasteiger partial charge in [-0.2, -0.15) is 0 Å². The molecular weight excluding hydrogens is 642 g/mol. The van der Waals surface area contributed by atoms with Gasteiger partial charge in [-0.1, -0.05) is 18.2 Å². The summed E-state index contributed by atoms with van der Waals surface area (Å²) in [5.74, 6) is -4.35. The first-order valence-electron chi connectivity index (χ1n) is 15.9. The van der Waals surface area contributed by atoms with Gasteiger partial charge in [0.15, 0.2) is 0 Å². The fourth-order valence-electron chi connectivity index (χ4n) is 4.93. The van der Waals surface area contributed by atoms with Crippen LogP contribution in [0.3, 0.4) is 0 Å².